The molecule has 0 aromatic rings. The van der Waals surface area contributed by atoms with Gasteiger partial charge in [0, 0.05) is 0 Å². The van der Waals surface area contributed by atoms with Gasteiger partial charge in [0.1, 0.15) is 6.04 Å². The van der Waals surface area contributed by atoms with Gasteiger partial charge in [-0.05, 0) is 23.8 Å². The van der Waals surface area contributed by atoms with E-state index in [4.69, 9.17) is 5.73 Å². The summed E-state index contributed by atoms with van der Waals surface area (Å²) < 4.78 is 4.56. The first kappa shape index (κ1) is 14.8. The highest BCUT2D eigenvalue weighted by molar-refractivity contribution is 7.99. The molecule has 0 aromatic carbocycles. The van der Waals surface area contributed by atoms with E-state index in [2.05, 4.69) is 18.6 Å². The largest absolute Gasteiger partial charge is 0.468 e. The molecular formula is C11H23NO2S. The van der Waals surface area contributed by atoms with Crippen molar-refractivity contribution in [2.24, 2.45) is 11.7 Å². The van der Waals surface area contributed by atoms with E-state index in [0.717, 1.165) is 11.7 Å². The van der Waals surface area contributed by atoms with E-state index in [1.165, 1.54) is 25.7 Å². The number of carbonyl (C=O) groups excluding carboxylic acids is 1. The zero-order chi connectivity index (χ0) is 11.7. The molecule has 0 amide bonds. The summed E-state index contributed by atoms with van der Waals surface area (Å²) in [5.41, 5.74) is 5.62. The van der Waals surface area contributed by atoms with E-state index in [9.17, 15) is 4.79 Å². The van der Waals surface area contributed by atoms with Crippen LogP contribution in [-0.4, -0.2) is 30.6 Å². The number of hydrogen-bond acceptors (Lipinski definition) is 4. The molecule has 0 fully saturated rings. The van der Waals surface area contributed by atoms with Gasteiger partial charge in [-0.1, -0.05) is 26.7 Å². The molecule has 1 atom stereocenters. The Hall–Kier alpha value is -0.220. The third-order valence-electron chi connectivity index (χ3n) is 2.59. The third kappa shape index (κ3) is 6.79. The lowest BCUT2D eigenvalue weighted by molar-refractivity contribution is -0.142. The first-order valence-corrected chi connectivity index (χ1v) is 6.72. The van der Waals surface area contributed by atoms with E-state index in [1.54, 1.807) is 0 Å². The fraction of sp³-hybridized carbons (Fsp3) is 0.909. The lowest BCUT2D eigenvalue weighted by Gasteiger charge is -2.12. The van der Waals surface area contributed by atoms with Gasteiger partial charge in [0.25, 0.3) is 0 Å². The highest BCUT2D eigenvalue weighted by Gasteiger charge is 2.13. The summed E-state index contributed by atoms with van der Waals surface area (Å²) in [5, 5.41) is 0. The smallest absolute Gasteiger partial charge is 0.322 e. The molecule has 3 nitrogen and oxygen atoms in total. The van der Waals surface area contributed by atoms with E-state index in [1.807, 2.05) is 11.8 Å². The molecule has 4 heteroatoms. The van der Waals surface area contributed by atoms with Gasteiger partial charge in [0.2, 0.25) is 0 Å². The molecule has 0 saturated heterocycles. The van der Waals surface area contributed by atoms with Gasteiger partial charge < -0.3 is 10.5 Å². The molecule has 0 radical (unpaired) electrons. The van der Waals surface area contributed by atoms with Crippen molar-refractivity contribution in [2.75, 3.05) is 18.6 Å². The summed E-state index contributed by atoms with van der Waals surface area (Å²) in [7, 11) is 1.37. The first-order chi connectivity index (χ1) is 7.15. The van der Waals surface area contributed by atoms with E-state index in [-0.39, 0.29) is 5.97 Å². The average Bonchev–Trinajstić information content (AvgIpc) is 2.27. The summed E-state index contributed by atoms with van der Waals surface area (Å²) in [5.74, 6) is 2.59. The highest BCUT2D eigenvalue weighted by Crippen LogP contribution is 2.16. The van der Waals surface area contributed by atoms with Crippen molar-refractivity contribution in [3.8, 4) is 0 Å². The fourth-order valence-corrected chi connectivity index (χ4v) is 2.65. The Balaban J connectivity index is 3.49. The maximum absolute atomic E-state index is 11.0. The van der Waals surface area contributed by atoms with Crippen LogP contribution < -0.4 is 5.73 Å². The van der Waals surface area contributed by atoms with Gasteiger partial charge in [0.15, 0.2) is 0 Å². The van der Waals surface area contributed by atoms with Crippen LogP contribution in [0, 0.1) is 5.92 Å². The normalized spacial score (nSPS) is 12.9. The van der Waals surface area contributed by atoms with Crippen molar-refractivity contribution in [1.82, 2.24) is 0 Å². The summed E-state index contributed by atoms with van der Waals surface area (Å²) in [4.78, 5) is 11.0. The number of hydrogen-bond donors (Lipinski definition) is 1. The van der Waals surface area contributed by atoms with Crippen molar-refractivity contribution in [1.29, 1.82) is 0 Å². The van der Waals surface area contributed by atoms with E-state index < -0.39 is 6.04 Å². The number of nitrogens with two attached hydrogens (primary N) is 1. The minimum Gasteiger partial charge on any atom is -0.468 e. The molecule has 2 N–H and O–H groups in total. The molecule has 0 bridgehead atoms. The minimum absolute atomic E-state index is 0.307. The van der Waals surface area contributed by atoms with Crippen LogP contribution in [0.1, 0.15) is 33.1 Å². The lowest BCUT2D eigenvalue weighted by atomic mass is 10.1. The van der Waals surface area contributed by atoms with Crippen LogP contribution in [0.3, 0.4) is 0 Å². The highest BCUT2D eigenvalue weighted by atomic mass is 32.2. The van der Waals surface area contributed by atoms with Gasteiger partial charge in [-0.15, -0.1) is 0 Å². The minimum atomic E-state index is -0.454. The lowest BCUT2D eigenvalue weighted by Crippen LogP contribution is -2.32. The number of esters is 1. The van der Waals surface area contributed by atoms with Gasteiger partial charge in [-0.25, -0.2) is 0 Å². The Labute approximate surface area is 97.1 Å². The Bertz CT molecular complexity index is 172. The second-order valence-corrected chi connectivity index (χ2v) is 4.83. The molecule has 0 aliphatic heterocycles. The summed E-state index contributed by atoms with van der Waals surface area (Å²) in [6.07, 6.45) is 3.16. The van der Waals surface area contributed by atoms with Gasteiger partial charge >= 0.3 is 5.97 Å². The average molecular weight is 233 g/mol. The fourth-order valence-electron chi connectivity index (χ4n) is 1.25. The predicted molar refractivity (Wildman–Crippen MR) is 66.0 cm³/mol. The molecule has 15 heavy (non-hydrogen) atoms. The molecule has 0 rings (SSSR count). The molecular weight excluding hydrogens is 210 g/mol. The van der Waals surface area contributed by atoms with Crippen LogP contribution in [0.25, 0.3) is 0 Å². The number of thioether (sulfide) groups is 1. The number of methoxy groups -OCH3 is 1. The van der Waals surface area contributed by atoms with Crippen LogP contribution in [0.4, 0.5) is 0 Å². The van der Waals surface area contributed by atoms with Crippen molar-refractivity contribution in [3.63, 3.8) is 0 Å². The Morgan fingerprint density at radius 1 is 1.40 bits per heavy atom. The number of carbonyl (C=O) groups is 1. The van der Waals surface area contributed by atoms with Crippen LogP contribution in [-0.2, 0) is 9.53 Å². The molecule has 1 unspecified atom stereocenters. The van der Waals surface area contributed by atoms with Crippen molar-refractivity contribution in [2.45, 2.75) is 39.2 Å². The molecule has 0 spiro atoms. The van der Waals surface area contributed by atoms with Crippen LogP contribution >= 0.6 is 11.8 Å². The van der Waals surface area contributed by atoms with Crippen LogP contribution in [0.15, 0.2) is 0 Å². The van der Waals surface area contributed by atoms with Gasteiger partial charge in [-0.2, -0.15) is 11.8 Å². The topological polar surface area (TPSA) is 52.3 Å². The van der Waals surface area contributed by atoms with Crippen molar-refractivity contribution >= 4 is 17.7 Å². The number of ether oxygens (including phenoxy) is 1. The van der Waals surface area contributed by atoms with Crippen LogP contribution in [0.5, 0.6) is 0 Å². The van der Waals surface area contributed by atoms with E-state index in [0.29, 0.717) is 6.42 Å². The standard InChI is InChI=1S/C11H23NO2S/c1-4-9(5-2)8-15-7-6-10(12)11(13)14-3/h9-10H,4-8,12H2,1-3H3. The van der Waals surface area contributed by atoms with Crippen molar-refractivity contribution in [3.05, 3.63) is 0 Å². The Kier molecular flexibility index (Phi) is 8.91. The summed E-state index contributed by atoms with van der Waals surface area (Å²) in [6.45, 7) is 4.43. The second-order valence-electron chi connectivity index (χ2n) is 3.68. The maximum atomic E-state index is 11.0. The van der Waals surface area contributed by atoms with Gasteiger partial charge in [-0.3, -0.25) is 4.79 Å². The molecule has 0 heterocycles. The molecule has 0 aliphatic carbocycles. The predicted octanol–water partition coefficient (Wildman–Crippen LogP) is 2.05. The Morgan fingerprint density at radius 2 is 2.00 bits per heavy atom. The van der Waals surface area contributed by atoms with E-state index >= 15 is 0 Å². The Morgan fingerprint density at radius 3 is 2.47 bits per heavy atom. The second kappa shape index (κ2) is 9.04. The molecule has 0 aromatic heterocycles. The number of rotatable bonds is 8. The maximum Gasteiger partial charge on any atom is 0.322 e. The summed E-state index contributed by atoms with van der Waals surface area (Å²) in [6, 6.07) is -0.454. The molecule has 90 valence electrons. The first-order valence-electron chi connectivity index (χ1n) is 5.56. The van der Waals surface area contributed by atoms with Crippen LogP contribution in [0.2, 0.25) is 0 Å². The monoisotopic (exact) mass is 233 g/mol. The third-order valence-corrected chi connectivity index (χ3v) is 3.82. The zero-order valence-corrected chi connectivity index (χ0v) is 10.8. The quantitative estimate of drug-likeness (QED) is 0.515. The zero-order valence-electron chi connectivity index (χ0n) is 9.99. The van der Waals surface area contributed by atoms with Crippen molar-refractivity contribution < 1.29 is 9.53 Å². The SMILES string of the molecule is CCC(CC)CSCCC(N)C(=O)OC. The van der Waals surface area contributed by atoms with Gasteiger partial charge in [0.05, 0.1) is 7.11 Å². The molecule has 0 saturated carbocycles. The summed E-state index contributed by atoms with van der Waals surface area (Å²) >= 11 is 1.88. The molecule has 0 aliphatic rings.